The summed E-state index contributed by atoms with van der Waals surface area (Å²) in [6.45, 7) is 1.27. The minimum absolute atomic E-state index is 0.0308. The van der Waals surface area contributed by atoms with Crippen LogP contribution in [-0.4, -0.2) is 19.0 Å². The van der Waals surface area contributed by atoms with Crippen LogP contribution < -0.4 is 16.0 Å². The molecule has 0 radical (unpaired) electrons. The summed E-state index contributed by atoms with van der Waals surface area (Å²) in [5.74, 6) is 0.0308. The zero-order valence-corrected chi connectivity index (χ0v) is 13.8. The molecule has 0 aromatic heterocycles. The van der Waals surface area contributed by atoms with E-state index in [1.165, 1.54) is 23.1 Å². The molecule has 24 heavy (non-hydrogen) atoms. The number of carbonyl (C=O) groups excluding carboxylic acids is 1. The topological polar surface area (TPSA) is 58.4 Å². The first-order valence-corrected chi connectivity index (χ1v) is 8.75. The fourth-order valence-electron chi connectivity index (χ4n) is 3.92. The predicted molar refractivity (Wildman–Crippen MR) is 98.5 cm³/mol. The number of nitrogens with two attached hydrogens (primary N) is 1. The van der Waals surface area contributed by atoms with Gasteiger partial charge in [-0.05, 0) is 73.1 Å². The molecule has 0 spiro atoms. The molecular weight excluding hydrogens is 298 g/mol. The molecule has 1 aliphatic carbocycles. The quantitative estimate of drug-likeness (QED) is 0.854. The van der Waals surface area contributed by atoms with Crippen LogP contribution in [0.15, 0.2) is 36.4 Å². The van der Waals surface area contributed by atoms with Crippen LogP contribution in [0.2, 0.25) is 0 Å². The molecular formula is C20H23N3O. The summed E-state index contributed by atoms with van der Waals surface area (Å²) >= 11 is 0. The minimum atomic E-state index is 0.0308. The van der Waals surface area contributed by atoms with Gasteiger partial charge in [0.1, 0.15) is 0 Å². The van der Waals surface area contributed by atoms with Crippen molar-refractivity contribution >= 4 is 23.0 Å². The van der Waals surface area contributed by atoms with Crippen molar-refractivity contribution in [2.24, 2.45) is 0 Å². The zero-order valence-electron chi connectivity index (χ0n) is 13.8. The van der Waals surface area contributed by atoms with Gasteiger partial charge in [-0.2, -0.15) is 0 Å². The van der Waals surface area contributed by atoms with E-state index in [0.29, 0.717) is 6.54 Å². The summed E-state index contributed by atoms with van der Waals surface area (Å²) in [6.07, 6.45) is 5.53. The SMILES string of the molecule is Nc1cccc2c1CCCN2CC(=O)Nc1ccc2c(c1)CCC2. The van der Waals surface area contributed by atoms with E-state index in [-0.39, 0.29) is 5.91 Å². The molecule has 0 bridgehead atoms. The Bertz CT molecular complexity index is 784. The summed E-state index contributed by atoms with van der Waals surface area (Å²) in [5, 5.41) is 3.05. The third-order valence-corrected chi connectivity index (χ3v) is 5.10. The van der Waals surface area contributed by atoms with Crippen LogP contribution >= 0.6 is 0 Å². The normalized spacial score (nSPS) is 15.8. The van der Waals surface area contributed by atoms with Gasteiger partial charge in [0.15, 0.2) is 0 Å². The Morgan fingerprint density at radius 2 is 1.96 bits per heavy atom. The number of anilines is 3. The third-order valence-electron chi connectivity index (χ3n) is 5.10. The Morgan fingerprint density at radius 1 is 1.08 bits per heavy atom. The Labute approximate surface area is 142 Å². The Hall–Kier alpha value is -2.49. The molecule has 0 atom stereocenters. The molecule has 1 amide bonds. The number of hydrogen-bond acceptors (Lipinski definition) is 3. The molecule has 1 aliphatic heterocycles. The lowest BCUT2D eigenvalue weighted by molar-refractivity contribution is -0.115. The van der Waals surface area contributed by atoms with E-state index in [0.717, 1.165) is 49.3 Å². The average molecular weight is 321 g/mol. The molecule has 2 aliphatic rings. The molecule has 2 aromatic carbocycles. The van der Waals surface area contributed by atoms with E-state index in [4.69, 9.17) is 5.73 Å². The van der Waals surface area contributed by atoms with E-state index < -0.39 is 0 Å². The lowest BCUT2D eigenvalue weighted by Crippen LogP contribution is -2.37. The van der Waals surface area contributed by atoms with Crippen molar-refractivity contribution in [3.8, 4) is 0 Å². The highest BCUT2D eigenvalue weighted by molar-refractivity contribution is 5.94. The van der Waals surface area contributed by atoms with E-state index in [9.17, 15) is 4.79 Å². The van der Waals surface area contributed by atoms with E-state index in [1.807, 2.05) is 18.2 Å². The number of hydrogen-bond donors (Lipinski definition) is 2. The highest BCUT2D eigenvalue weighted by Crippen LogP contribution is 2.31. The molecule has 4 rings (SSSR count). The number of nitrogen functional groups attached to an aromatic ring is 1. The Balaban J connectivity index is 1.47. The third kappa shape index (κ3) is 2.84. The number of fused-ring (bicyclic) bond motifs is 2. The summed E-state index contributed by atoms with van der Waals surface area (Å²) in [5.41, 5.74) is 12.9. The molecule has 0 saturated heterocycles. The van der Waals surface area contributed by atoms with Crippen LogP contribution in [-0.2, 0) is 24.1 Å². The largest absolute Gasteiger partial charge is 0.398 e. The maximum atomic E-state index is 12.5. The molecule has 2 aromatic rings. The number of amides is 1. The summed E-state index contributed by atoms with van der Waals surface area (Å²) in [6, 6.07) is 12.3. The highest BCUT2D eigenvalue weighted by atomic mass is 16.2. The first-order chi connectivity index (χ1) is 11.7. The summed E-state index contributed by atoms with van der Waals surface area (Å²) in [7, 11) is 0. The highest BCUT2D eigenvalue weighted by Gasteiger charge is 2.20. The van der Waals surface area contributed by atoms with Crippen molar-refractivity contribution in [3.05, 3.63) is 53.1 Å². The Morgan fingerprint density at radius 3 is 2.88 bits per heavy atom. The average Bonchev–Trinajstić information content (AvgIpc) is 3.03. The maximum absolute atomic E-state index is 12.5. The van der Waals surface area contributed by atoms with Crippen LogP contribution in [0.4, 0.5) is 17.1 Å². The standard InChI is InChI=1S/C20H23N3O/c21-18-7-2-8-19-17(18)6-3-11-23(19)13-20(24)22-16-10-9-14-4-1-5-15(14)12-16/h2,7-10,12H,1,3-6,11,13,21H2,(H,22,24). The van der Waals surface area contributed by atoms with E-state index >= 15 is 0 Å². The van der Waals surface area contributed by atoms with Gasteiger partial charge in [0.2, 0.25) is 5.91 Å². The van der Waals surface area contributed by atoms with Crippen LogP contribution in [0, 0.1) is 0 Å². The molecule has 124 valence electrons. The number of nitrogens with zero attached hydrogens (tertiary/aromatic N) is 1. The number of aryl methyl sites for hydroxylation is 2. The van der Waals surface area contributed by atoms with Gasteiger partial charge in [-0.25, -0.2) is 0 Å². The number of rotatable bonds is 3. The lowest BCUT2D eigenvalue weighted by atomic mass is 10.00. The minimum Gasteiger partial charge on any atom is -0.398 e. The lowest BCUT2D eigenvalue weighted by Gasteiger charge is -2.31. The molecule has 3 N–H and O–H groups in total. The summed E-state index contributed by atoms with van der Waals surface area (Å²) in [4.78, 5) is 14.6. The number of nitrogens with one attached hydrogen (secondary N) is 1. The van der Waals surface area contributed by atoms with Crippen molar-refractivity contribution in [1.82, 2.24) is 0 Å². The zero-order chi connectivity index (χ0) is 16.5. The van der Waals surface area contributed by atoms with Gasteiger partial charge in [0.25, 0.3) is 0 Å². The fourth-order valence-corrected chi connectivity index (χ4v) is 3.92. The Kier molecular flexibility index (Phi) is 3.89. The second kappa shape index (κ2) is 6.19. The number of benzene rings is 2. The molecule has 4 heteroatoms. The van der Waals surface area contributed by atoms with Crippen LogP contribution in [0.1, 0.15) is 29.5 Å². The van der Waals surface area contributed by atoms with Gasteiger partial charge in [-0.1, -0.05) is 12.1 Å². The molecule has 0 saturated carbocycles. The van der Waals surface area contributed by atoms with Gasteiger partial charge in [0, 0.05) is 23.6 Å². The second-order valence-electron chi connectivity index (χ2n) is 6.76. The van der Waals surface area contributed by atoms with Crippen molar-refractivity contribution in [2.75, 3.05) is 29.0 Å². The van der Waals surface area contributed by atoms with Crippen LogP contribution in [0.25, 0.3) is 0 Å². The fraction of sp³-hybridized carbons (Fsp3) is 0.350. The van der Waals surface area contributed by atoms with Crippen molar-refractivity contribution in [1.29, 1.82) is 0 Å². The smallest absolute Gasteiger partial charge is 0.243 e. The van der Waals surface area contributed by atoms with Crippen molar-refractivity contribution < 1.29 is 4.79 Å². The summed E-state index contributed by atoms with van der Waals surface area (Å²) < 4.78 is 0. The number of carbonyl (C=O) groups is 1. The molecule has 1 heterocycles. The van der Waals surface area contributed by atoms with Crippen molar-refractivity contribution in [3.63, 3.8) is 0 Å². The van der Waals surface area contributed by atoms with Gasteiger partial charge in [0.05, 0.1) is 6.54 Å². The van der Waals surface area contributed by atoms with Crippen LogP contribution in [0.3, 0.4) is 0 Å². The first-order valence-electron chi connectivity index (χ1n) is 8.75. The molecule has 4 nitrogen and oxygen atoms in total. The van der Waals surface area contributed by atoms with Crippen LogP contribution in [0.5, 0.6) is 0 Å². The van der Waals surface area contributed by atoms with Gasteiger partial charge in [-0.3, -0.25) is 4.79 Å². The monoisotopic (exact) mass is 321 g/mol. The van der Waals surface area contributed by atoms with E-state index in [1.54, 1.807) is 0 Å². The predicted octanol–water partition coefficient (Wildman–Crippen LogP) is 3.15. The maximum Gasteiger partial charge on any atom is 0.243 e. The van der Waals surface area contributed by atoms with Gasteiger partial charge >= 0.3 is 0 Å². The van der Waals surface area contributed by atoms with E-state index in [2.05, 4.69) is 28.4 Å². The van der Waals surface area contributed by atoms with Gasteiger partial charge in [-0.15, -0.1) is 0 Å². The molecule has 0 unspecified atom stereocenters. The van der Waals surface area contributed by atoms with Crippen molar-refractivity contribution in [2.45, 2.75) is 32.1 Å². The molecule has 0 fully saturated rings. The van der Waals surface area contributed by atoms with Gasteiger partial charge < -0.3 is 16.0 Å². The first kappa shape index (κ1) is 15.1. The second-order valence-corrected chi connectivity index (χ2v) is 6.76.